The van der Waals surface area contributed by atoms with Gasteiger partial charge in [0.15, 0.2) is 0 Å². The van der Waals surface area contributed by atoms with Crippen molar-refractivity contribution in [1.29, 1.82) is 0 Å². The van der Waals surface area contributed by atoms with E-state index in [2.05, 4.69) is 185 Å². The minimum atomic E-state index is 0.0386. The molecule has 0 unspecified atom stereocenters. The lowest BCUT2D eigenvalue weighted by Gasteiger charge is -2.19. The van der Waals surface area contributed by atoms with Gasteiger partial charge >= 0.3 is 0 Å². The molecule has 13 rings (SSSR count). The van der Waals surface area contributed by atoms with Crippen LogP contribution in [-0.2, 0) is 5.41 Å². The molecule has 13 aromatic rings. The SMILES string of the molecule is CC(C)(C)c1ccc2c(c1)c1cccc3c4c(-c5ccccc5)c5c6cc7ccc(-c8ccccn8)cc7c7cc(-c8ccccn8)cc(c5c(-c5ccccc5)c4cc2c13)c76. The minimum Gasteiger partial charge on any atom is -0.256 e. The van der Waals surface area contributed by atoms with Gasteiger partial charge < -0.3 is 0 Å². The summed E-state index contributed by atoms with van der Waals surface area (Å²) in [6, 6.07) is 65.5. The Morgan fingerprint density at radius 2 is 0.903 bits per heavy atom. The third-order valence-electron chi connectivity index (χ3n) is 13.5. The Morgan fingerprint density at radius 1 is 0.306 bits per heavy atom. The molecule has 62 heavy (non-hydrogen) atoms. The standard InChI is InChI=1S/C60H40N2/c1-60(2,3)40-25-26-41-45(33-40)42-19-14-20-43-55(42)47(41)34-50-53(35-15-6-4-7-16-35)58-49-32-39(52-22-11-13-28-62-52)31-46-44-30-38(51-21-10-12-27-61-51)24-23-37(44)29-48(56(46)49)59(58)54(57(43)50)36-17-8-5-9-18-36/h4-34H,1-3H3. The second kappa shape index (κ2) is 12.9. The molecule has 2 heteroatoms. The van der Waals surface area contributed by atoms with Crippen molar-refractivity contribution in [2.45, 2.75) is 26.2 Å². The topological polar surface area (TPSA) is 25.8 Å². The molecule has 0 spiro atoms. The van der Waals surface area contributed by atoms with Crippen molar-refractivity contribution in [3.63, 3.8) is 0 Å². The first kappa shape index (κ1) is 35.1. The van der Waals surface area contributed by atoms with Crippen molar-refractivity contribution in [2.75, 3.05) is 0 Å². The Labute approximate surface area is 359 Å². The van der Waals surface area contributed by atoms with Crippen LogP contribution in [0.3, 0.4) is 0 Å². The van der Waals surface area contributed by atoms with Crippen LogP contribution in [0.25, 0.3) is 131 Å². The van der Waals surface area contributed by atoms with Gasteiger partial charge in [0.1, 0.15) is 0 Å². The van der Waals surface area contributed by atoms with Gasteiger partial charge in [-0.05, 0) is 180 Å². The lowest BCUT2D eigenvalue weighted by Crippen LogP contribution is -2.10. The van der Waals surface area contributed by atoms with Crippen LogP contribution in [-0.4, -0.2) is 9.97 Å². The molecule has 0 bridgehead atoms. The molecule has 2 aromatic heterocycles. The fourth-order valence-electron chi connectivity index (χ4n) is 10.8. The Bertz CT molecular complexity index is 3900. The van der Waals surface area contributed by atoms with Gasteiger partial charge in [-0.25, -0.2) is 0 Å². The number of hydrogen-bond donors (Lipinski definition) is 0. The highest BCUT2D eigenvalue weighted by atomic mass is 14.7. The van der Waals surface area contributed by atoms with Gasteiger partial charge in [0.2, 0.25) is 0 Å². The molecule has 11 aromatic carbocycles. The van der Waals surface area contributed by atoms with Crippen LogP contribution in [0, 0.1) is 0 Å². The molecule has 2 nitrogen and oxygen atoms in total. The third-order valence-corrected chi connectivity index (χ3v) is 13.5. The summed E-state index contributed by atoms with van der Waals surface area (Å²) in [6.45, 7) is 6.93. The molecule has 0 fully saturated rings. The zero-order valence-electron chi connectivity index (χ0n) is 34.8. The highest BCUT2D eigenvalue weighted by Gasteiger charge is 2.28. The van der Waals surface area contributed by atoms with Crippen molar-refractivity contribution in [2.24, 2.45) is 0 Å². The number of rotatable bonds is 4. The predicted octanol–water partition coefficient (Wildman–Crippen LogP) is 16.5. The van der Waals surface area contributed by atoms with E-state index in [0.717, 1.165) is 22.5 Å². The summed E-state index contributed by atoms with van der Waals surface area (Å²) in [7, 11) is 0. The molecular formula is C60H40N2. The van der Waals surface area contributed by atoms with Crippen LogP contribution in [0.15, 0.2) is 188 Å². The normalized spacial score (nSPS) is 12.4. The molecule has 0 N–H and O–H groups in total. The molecule has 0 aliphatic rings. The maximum absolute atomic E-state index is 4.94. The van der Waals surface area contributed by atoms with Crippen molar-refractivity contribution in [3.8, 4) is 44.8 Å². The van der Waals surface area contributed by atoms with E-state index >= 15 is 0 Å². The number of hydrogen-bond acceptors (Lipinski definition) is 2. The van der Waals surface area contributed by atoms with E-state index in [1.165, 1.54) is 114 Å². The molecule has 0 atom stereocenters. The first-order valence-corrected chi connectivity index (χ1v) is 21.6. The Morgan fingerprint density at radius 3 is 1.61 bits per heavy atom. The lowest BCUT2D eigenvalue weighted by atomic mass is 9.83. The average Bonchev–Trinajstić information content (AvgIpc) is 3.81. The fourth-order valence-corrected chi connectivity index (χ4v) is 10.8. The van der Waals surface area contributed by atoms with Crippen LogP contribution in [0.4, 0.5) is 0 Å². The van der Waals surface area contributed by atoms with Gasteiger partial charge in [0.25, 0.3) is 0 Å². The van der Waals surface area contributed by atoms with Crippen molar-refractivity contribution in [3.05, 3.63) is 194 Å². The molecule has 290 valence electrons. The minimum absolute atomic E-state index is 0.0386. The van der Waals surface area contributed by atoms with E-state index in [0.29, 0.717) is 0 Å². The molecule has 0 aliphatic heterocycles. The van der Waals surface area contributed by atoms with E-state index in [9.17, 15) is 0 Å². The van der Waals surface area contributed by atoms with Crippen LogP contribution >= 0.6 is 0 Å². The summed E-state index contributed by atoms with van der Waals surface area (Å²) in [5.41, 5.74) is 10.5. The summed E-state index contributed by atoms with van der Waals surface area (Å²) >= 11 is 0. The zero-order chi connectivity index (χ0) is 41.3. The summed E-state index contributed by atoms with van der Waals surface area (Å²) < 4.78 is 0. The second-order valence-corrected chi connectivity index (χ2v) is 18.1. The van der Waals surface area contributed by atoms with Gasteiger partial charge in [-0.1, -0.05) is 136 Å². The van der Waals surface area contributed by atoms with E-state index in [1.54, 1.807) is 0 Å². The van der Waals surface area contributed by atoms with Crippen molar-refractivity contribution < 1.29 is 0 Å². The molecular weight excluding hydrogens is 749 g/mol. The van der Waals surface area contributed by atoms with Gasteiger partial charge in [-0.2, -0.15) is 0 Å². The van der Waals surface area contributed by atoms with Crippen LogP contribution < -0.4 is 0 Å². The van der Waals surface area contributed by atoms with Gasteiger partial charge in [-0.3, -0.25) is 9.97 Å². The molecule has 0 aliphatic carbocycles. The van der Waals surface area contributed by atoms with Crippen LogP contribution in [0.5, 0.6) is 0 Å². The maximum Gasteiger partial charge on any atom is 0.0702 e. The number of aromatic nitrogens is 2. The lowest BCUT2D eigenvalue weighted by molar-refractivity contribution is 0.591. The summed E-state index contributed by atoms with van der Waals surface area (Å²) in [6.07, 6.45) is 3.78. The largest absolute Gasteiger partial charge is 0.256 e. The summed E-state index contributed by atoms with van der Waals surface area (Å²) in [5.74, 6) is 0. The number of fused-ring (bicyclic) bond motifs is 10. The second-order valence-electron chi connectivity index (χ2n) is 18.1. The molecule has 2 heterocycles. The van der Waals surface area contributed by atoms with Crippen molar-refractivity contribution in [1.82, 2.24) is 9.97 Å². The third kappa shape index (κ3) is 4.98. The smallest absolute Gasteiger partial charge is 0.0702 e. The summed E-state index contributed by atoms with van der Waals surface area (Å²) in [5, 5.41) is 20.5. The number of pyridine rings is 2. The maximum atomic E-state index is 4.94. The highest BCUT2D eigenvalue weighted by Crippen LogP contribution is 2.56. The first-order valence-electron chi connectivity index (χ1n) is 21.6. The Balaban J connectivity index is 1.31. The van der Waals surface area contributed by atoms with E-state index < -0.39 is 0 Å². The average molecular weight is 789 g/mol. The fraction of sp³-hybridized carbons (Fsp3) is 0.0667. The van der Waals surface area contributed by atoms with E-state index in [-0.39, 0.29) is 5.41 Å². The number of benzene rings is 9. The molecule has 0 amide bonds. The first-order chi connectivity index (χ1) is 30.4. The molecule has 0 radical (unpaired) electrons. The summed E-state index contributed by atoms with van der Waals surface area (Å²) in [4.78, 5) is 9.70. The predicted molar refractivity (Wildman–Crippen MR) is 265 cm³/mol. The molecule has 0 saturated heterocycles. The zero-order valence-corrected chi connectivity index (χ0v) is 34.8. The Kier molecular flexibility index (Phi) is 7.31. The number of nitrogens with zero attached hydrogens (tertiary/aromatic N) is 2. The molecule has 0 saturated carbocycles. The van der Waals surface area contributed by atoms with E-state index in [4.69, 9.17) is 9.97 Å². The van der Waals surface area contributed by atoms with Gasteiger partial charge in [0, 0.05) is 23.5 Å². The Hall–Kier alpha value is -7.68. The monoisotopic (exact) mass is 788 g/mol. The van der Waals surface area contributed by atoms with Crippen molar-refractivity contribution >= 4 is 86.2 Å². The van der Waals surface area contributed by atoms with Crippen LogP contribution in [0.1, 0.15) is 26.3 Å². The van der Waals surface area contributed by atoms with Gasteiger partial charge in [0.05, 0.1) is 11.4 Å². The highest BCUT2D eigenvalue weighted by molar-refractivity contribution is 6.46. The quantitative estimate of drug-likeness (QED) is 0.166. The van der Waals surface area contributed by atoms with E-state index in [1.807, 2.05) is 24.5 Å². The van der Waals surface area contributed by atoms with Crippen LogP contribution in [0.2, 0.25) is 0 Å². The van der Waals surface area contributed by atoms with Gasteiger partial charge in [-0.15, -0.1) is 0 Å².